The van der Waals surface area contributed by atoms with Gasteiger partial charge in [-0.2, -0.15) is 13.2 Å². The first kappa shape index (κ1) is 19.5. The predicted molar refractivity (Wildman–Crippen MR) is 94.5 cm³/mol. The summed E-state index contributed by atoms with van der Waals surface area (Å²) >= 11 is 0. The fourth-order valence-corrected chi connectivity index (χ4v) is 3.33. The smallest absolute Gasteiger partial charge is 0.417 e. The van der Waals surface area contributed by atoms with E-state index in [2.05, 4.69) is 4.98 Å². The molecule has 0 saturated carbocycles. The summed E-state index contributed by atoms with van der Waals surface area (Å²) in [6.45, 7) is 6.09. The lowest BCUT2D eigenvalue weighted by Gasteiger charge is -2.36. The molecule has 1 aliphatic heterocycles. The highest BCUT2D eigenvalue weighted by molar-refractivity contribution is 5.68. The van der Waals surface area contributed by atoms with Crippen molar-refractivity contribution in [2.75, 3.05) is 6.54 Å². The van der Waals surface area contributed by atoms with Crippen LogP contribution in [0.25, 0.3) is 5.65 Å². The van der Waals surface area contributed by atoms with Crippen LogP contribution in [0.5, 0.6) is 0 Å². The summed E-state index contributed by atoms with van der Waals surface area (Å²) in [4.78, 5) is 18.6. The van der Waals surface area contributed by atoms with E-state index in [1.807, 2.05) is 20.8 Å². The number of imidazole rings is 1. The molecule has 1 saturated heterocycles. The number of hydrogen-bond acceptors (Lipinski definition) is 3. The van der Waals surface area contributed by atoms with E-state index in [1.165, 1.54) is 10.5 Å². The largest absolute Gasteiger partial charge is 0.444 e. The SMILES string of the molecule is CC(C)(C)OC(=O)N1CCCCC1Cc1cn2cc(C(F)(F)F)ccc2n1. The van der Waals surface area contributed by atoms with Gasteiger partial charge in [-0.1, -0.05) is 0 Å². The molecule has 5 nitrogen and oxygen atoms in total. The molecule has 2 aromatic rings. The number of aromatic nitrogens is 2. The summed E-state index contributed by atoms with van der Waals surface area (Å²) in [6.07, 6.45) is 1.12. The Balaban J connectivity index is 1.79. The molecule has 8 heteroatoms. The van der Waals surface area contributed by atoms with Gasteiger partial charge in [0.15, 0.2) is 0 Å². The molecule has 0 N–H and O–H groups in total. The number of halogens is 3. The van der Waals surface area contributed by atoms with Gasteiger partial charge in [0, 0.05) is 31.4 Å². The number of hydrogen-bond donors (Lipinski definition) is 0. The van der Waals surface area contributed by atoms with Crippen molar-refractivity contribution >= 4 is 11.7 Å². The zero-order valence-corrected chi connectivity index (χ0v) is 15.7. The standard InChI is InChI=1S/C19H24F3N3O2/c1-18(2,3)27-17(26)25-9-5-4-6-15(25)10-14-12-24-11-13(19(20,21)22)7-8-16(24)23-14/h7-8,11-12,15H,4-6,9-10H2,1-3H3. The Morgan fingerprint density at radius 3 is 2.63 bits per heavy atom. The molecule has 1 amide bonds. The lowest BCUT2D eigenvalue weighted by molar-refractivity contribution is -0.137. The third-order valence-electron chi connectivity index (χ3n) is 4.53. The number of amides is 1. The lowest BCUT2D eigenvalue weighted by Crippen LogP contribution is -2.47. The van der Waals surface area contributed by atoms with Gasteiger partial charge >= 0.3 is 12.3 Å². The van der Waals surface area contributed by atoms with Gasteiger partial charge in [0.2, 0.25) is 0 Å². The Morgan fingerprint density at radius 2 is 1.96 bits per heavy atom. The van der Waals surface area contributed by atoms with E-state index in [4.69, 9.17) is 4.74 Å². The van der Waals surface area contributed by atoms with Crippen LogP contribution in [0, 0.1) is 0 Å². The monoisotopic (exact) mass is 383 g/mol. The molecule has 1 atom stereocenters. The number of likely N-dealkylation sites (tertiary alicyclic amines) is 1. The molecular weight excluding hydrogens is 359 g/mol. The fraction of sp³-hybridized carbons (Fsp3) is 0.579. The molecule has 1 unspecified atom stereocenters. The van der Waals surface area contributed by atoms with Crippen LogP contribution in [0.15, 0.2) is 24.5 Å². The highest BCUT2D eigenvalue weighted by Gasteiger charge is 2.32. The van der Waals surface area contributed by atoms with E-state index < -0.39 is 17.3 Å². The minimum atomic E-state index is -4.39. The lowest BCUT2D eigenvalue weighted by atomic mass is 9.98. The number of alkyl halides is 3. The Kier molecular flexibility index (Phi) is 5.10. The molecular formula is C19H24F3N3O2. The maximum atomic E-state index is 12.9. The van der Waals surface area contributed by atoms with Gasteiger partial charge in [-0.15, -0.1) is 0 Å². The van der Waals surface area contributed by atoms with Crippen LogP contribution in [0.1, 0.15) is 51.3 Å². The van der Waals surface area contributed by atoms with Crippen molar-refractivity contribution in [3.63, 3.8) is 0 Å². The first-order chi connectivity index (χ1) is 12.5. The van der Waals surface area contributed by atoms with E-state index in [0.29, 0.717) is 24.3 Å². The van der Waals surface area contributed by atoms with Gasteiger partial charge in [-0.25, -0.2) is 9.78 Å². The van der Waals surface area contributed by atoms with Crippen LogP contribution in [0.4, 0.5) is 18.0 Å². The first-order valence-corrected chi connectivity index (χ1v) is 9.07. The number of pyridine rings is 1. The zero-order valence-electron chi connectivity index (χ0n) is 15.7. The van der Waals surface area contributed by atoms with Gasteiger partial charge in [0.05, 0.1) is 11.3 Å². The number of carbonyl (C=O) groups is 1. The molecule has 1 fully saturated rings. The summed E-state index contributed by atoms with van der Waals surface area (Å²) in [5, 5.41) is 0. The maximum Gasteiger partial charge on any atom is 0.417 e. The van der Waals surface area contributed by atoms with Gasteiger partial charge in [-0.05, 0) is 52.2 Å². The Bertz CT molecular complexity index is 824. The predicted octanol–water partition coefficient (Wildman–Crippen LogP) is 4.69. The minimum Gasteiger partial charge on any atom is -0.444 e. The van der Waals surface area contributed by atoms with E-state index >= 15 is 0 Å². The van der Waals surface area contributed by atoms with E-state index in [1.54, 1.807) is 11.1 Å². The average Bonchev–Trinajstić information content (AvgIpc) is 2.94. The number of rotatable bonds is 2. The molecule has 0 radical (unpaired) electrons. The third kappa shape index (κ3) is 4.73. The highest BCUT2D eigenvalue weighted by atomic mass is 19.4. The van der Waals surface area contributed by atoms with Gasteiger partial charge in [0.1, 0.15) is 11.2 Å². The van der Waals surface area contributed by atoms with E-state index in [9.17, 15) is 18.0 Å². The molecule has 0 aromatic carbocycles. The fourth-order valence-electron chi connectivity index (χ4n) is 3.33. The van der Waals surface area contributed by atoms with Crippen molar-refractivity contribution in [1.29, 1.82) is 0 Å². The molecule has 0 bridgehead atoms. The molecule has 2 aromatic heterocycles. The van der Waals surface area contributed by atoms with E-state index in [-0.39, 0.29) is 12.1 Å². The van der Waals surface area contributed by atoms with Crippen LogP contribution in [0.2, 0.25) is 0 Å². The van der Waals surface area contributed by atoms with Crippen LogP contribution < -0.4 is 0 Å². The maximum absolute atomic E-state index is 12.9. The topological polar surface area (TPSA) is 46.8 Å². The average molecular weight is 383 g/mol. The summed E-state index contributed by atoms with van der Waals surface area (Å²) in [5.41, 5.74) is -0.171. The van der Waals surface area contributed by atoms with Crippen LogP contribution in [0.3, 0.4) is 0 Å². The number of piperidine rings is 1. The molecule has 1 aliphatic rings. The van der Waals surface area contributed by atoms with Crippen LogP contribution in [-0.4, -0.2) is 38.6 Å². The highest BCUT2D eigenvalue weighted by Crippen LogP contribution is 2.29. The van der Waals surface area contributed by atoms with Crippen molar-refractivity contribution in [3.8, 4) is 0 Å². The van der Waals surface area contributed by atoms with Crippen LogP contribution in [-0.2, 0) is 17.3 Å². The van der Waals surface area contributed by atoms with Crippen LogP contribution >= 0.6 is 0 Å². The Labute approximate surface area is 156 Å². The Hall–Kier alpha value is -2.25. The second-order valence-electron chi connectivity index (χ2n) is 7.94. The third-order valence-corrected chi connectivity index (χ3v) is 4.53. The molecule has 3 rings (SSSR count). The summed E-state index contributed by atoms with van der Waals surface area (Å²) in [5.74, 6) is 0. The van der Waals surface area contributed by atoms with Crippen molar-refractivity contribution in [2.45, 2.75) is 64.3 Å². The number of ether oxygens (including phenoxy) is 1. The quantitative estimate of drug-likeness (QED) is 0.756. The Morgan fingerprint density at radius 1 is 1.22 bits per heavy atom. The molecule has 0 aliphatic carbocycles. The summed E-state index contributed by atoms with van der Waals surface area (Å²) in [6, 6.07) is 2.32. The summed E-state index contributed by atoms with van der Waals surface area (Å²) < 4.78 is 45.5. The normalized spacial score (nSPS) is 18.7. The van der Waals surface area contributed by atoms with Gasteiger partial charge in [0.25, 0.3) is 0 Å². The van der Waals surface area contributed by atoms with E-state index in [0.717, 1.165) is 31.5 Å². The molecule has 27 heavy (non-hydrogen) atoms. The summed E-state index contributed by atoms with van der Waals surface area (Å²) in [7, 11) is 0. The number of carbonyl (C=O) groups excluding carboxylic acids is 1. The van der Waals surface area contributed by atoms with Gasteiger partial charge < -0.3 is 14.0 Å². The molecule has 3 heterocycles. The van der Waals surface area contributed by atoms with Crippen molar-refractivity contribution in [2.24, 2.45) is 0 Å². The first-order valence-electron chi connectivity index (χ1n) is 9.07. The second-order valence-corrected chi connectivity index (χ2v) is 7.94. The second kappa shape index (κ2) is 7.05. The number of nitrogens with zero attached hydrogens (tertiary/aromatic N) is 3. The van der Waals surface area contributed by atoms with Crippen molar-refractivity contribution < 1.29 is 22.7 Å². The van der Waals surface area contributed by atoms with Crippen molar-refractivity contribution in [1.82, 2.24) is 14.3 Å². The van der Waals surface area contributed by atoms with Crippen molar-refractivity contribution in [3.05, 3.63) is 35.8 Å². The number of fused-ring (bicyclic) bond motifs is 1. The molecule has 148 valence electrons. The van der Waals surface area contributed by atoms with Gasteiger partial charge in [-0.3, -0.25) is 0 Å². The minimum absolute atomic E-state index is 0.0689. The molecule has 0 spiro atoms. The zero-order chi connectivity index (χ0) is 19.8.